The van der Waals surface area contributed by atoms with E-state index in [2.05, 4.69) is 30.5 Å². The van der Waals surface area contributed by atoms with Crippen LogP contribution >= 0.6 is 0 Å². The summed E-state index contributed by atoms with van der Waals surface area (Å²) in [5.41, 5.74) is 2.65. The highest BCUT2D eigenvalue weighted by molar-refractivity contribution is 5.57. The Morgan fingerprint density at radius 3 is 2.80 bits per heavy atom. The van der Waals surface area contributed by atoms with Crippen LogP contribution in [0.2, 0.25) is 0 Å². The highest BCUT2D eigenvalue weighted by atomic mass is 16.3. The van der Waals surface area contributed by atoms with Crippen molar-refractivity contribution in [2.45, 2.75) is 31.8 Å². The first-order chi connectivity index (χ1) is 17.0. The summed E-state index contributed by atoms with van der Waals surface area (Å²) in [6, 6.07) is 9.94. The topological polar surface area (TPSA) is 154 Å². The lowest BCUT2D eigenvalue weighted by atomic mass is 10.1. The third-order valence-electron chi connectivity index (χ3n) is 5.76. The van der Waals surface area contributed by atoms with Gasteiger partial charge in [0.05, 0.1) is 24.0 Å². The smallest absolute Gasteiger partial charge is 0.326 e. The molecule has 12 heteroatoms. The zero-order valence-corrected chi connectivity index (χ0v) is 18.8. The molecule has 1 atom stereocenters. The molecule has 1 fully saturated rings. The minimum atomic E-state index is -0.503. The molecule has 1 unspecified atom stereocenters. The second kappa shape index (κ2) is 8.24. The lowest BCUT2D eigenvalue weighted by molar-refractivity contribution is 0.454. The summed E-state index contributed by atoms with van der Waals surface area (Å²) in [4.78, 5) is 30.4. The van der Waals surface area contributed by atoms with E-state index in [1.54, 1.807) is 23.0 Å². The molecule has 1 aliphatic rings. The monoisotopic (exact) mass is 470 g/mol. The molecule has 4 heterocycles. The fourth-order valence-electron chi connectivity index (χ4n) is 3.89. The molecule has 1 saturated carbocycles. The maximum Gasteiger partial charge on any atom is 0.326 e. The number of fused-ring (bicyclic) bond motifs is 1. The van der Waals surface area contributed by atoms with Crippen molar-refractivity contribution in [1.29, 1.82) is 0 Å². The highest BCUT2D eigenvalue weighted by Gasteiger charge is 2.21. The number of hydrogen-bond acceptors (Lipinski definition) is 8. The minimum absolute atomic E-state index is 0.146. The van der Waals surface area contributed by atoms with Gasteiger partial charge >= 0.3 is 5.69 Å². The Bertz CT molecular complexity index is 1690. The van der Waals surface area contributed by atoms with E-state index in [4.69, 9.17) is 9.98 Å². The van der Waals surface area contributed by atoms with Crippen LogP contribution in [0.25, 0.3) is 17.4 Å². The highest BCUT2D eigenvalue weighted by Crippen LogP contribution is 2.24. The molecule has 5 aromatic rings. The molecular weight excluding hydrogens is 448 g/mol. The quantitative estimate of drug-likeness (QED) is 0.286. The van der Waals surface area contributed by atoms with Gasteiger partial charge in [-0.15, -0.1) is 0 Å². The fraction of sp³-hybridized carbons (Fsp3) is 0.217. The number of benzene rings is 1. The zero-order valence-electron chi connectivity index (χ0n) is 18.8. The summed E-state index contributed by atoms with van der Waals surface area (Å²) in [5.74, 6) is 0.134. The van der Waals surface area contributed by atoms with Crippen LogP contribution in [-0.2, 0) is 0 Å². The van der Waals surface area contributed by atoms with Gasteiger partial charge in [0, 0.05) is 17.6 Å². The molecule has 0 aliphatic heterocycles. The summed E-state index contributed by atoms with van der Waals surface area (Å²) < 4.78 is 3.39. The molecule has 0 radical (unpaired) electrons. The van der Waals surface area contributed by atoms with E-state index in [0.717, 1.165) is 24.1 Å². The molecule has 35 heavy (non-hydrogen) atoms. The molecule has 0 saturated heterocycles. The predicted octanol–water partition coefficient (Wildman–Crippen LogP) is 0.816. The zero-order chi connectivity index (χ0) is 23.9. The number of anilines is 1. The lowest BCUT2D eigenvalue weighted by Gasteiger charge is -2.18. The lowest BCUT2D eigenvalue weighted by Crippen LogP contribution is -2.25. The van der Waals surface area contributed by atoms with E-state index in [0.29, 0.717) is 22.4 Å². The number of H-pyrrole nitrogens is 2. The molecule has 4 N–H and O–H groups in total. The van der Waals surface area contributed by atoms with E-state index < -0.39 is 5.69 Å². The van der Waals surface area contributed by atoms with Crippen molar-refractivity contribution >= 4 is 17.7 Å². The second-order valence-corrected chi connectivity index (χ2v) is 8.40. The molecule has 0 bridgehead atoms. The van der Waals surface area contributed by atoms with Crippen molar-refractivity contribution in [3.8, 4) is 11.6 Å². The molecule has 1 aliphatic carbocycles. The van der Waals surface area contributed by atoms with Crippen molar-refractivity contribution in [2.75, 3.05) is 5.32 Å². The molecule has 176 valence electrons. The molecule has 6 rings (SSSR count). The predicted molar refractivity (Wildman–Crippen MR) is 127 cm³/mol. The molecule has 4 aromatic heterocycles. The summed E-state index contributed by atoms with van der Waals surface area (Å²) >= 11 is 0. The summed E-state index contributed by atoms with van der Waals surface area (Å²) in [6.45, 7) is 2.03. The average molecular weight is 470 g/mol. The van der Waals surface area contributed by atoms with Crippen LogP contribution in [-0.4, -0.2) is 50.5 Å². The van der Waals surface area contributed by atoms with Crippen molar-refractivity contribution in [1.82, 2.24) is 39.3 Å². The van der Waals surface area contributed by atoms with Crippen molar-refractivity contribution in [3.63, 3.8) is 0 Å². The Hall–Kier alpha value is -4.74. The largest absolute Gasteiger partial charge is 0.493 e. The van der Waals surface area contributed by atoms with Crippen molar-refractivity contribution < 1.29 is 5.11 Å². The second-order valence-electron chi connectivity index (χ2n) is 8.40. The number of para-hydroxylation sites is 1. The minimum Gasteiger partial charge on any atom is -0.493 e. The molecular formula is C23H22N10O2. The van der Waals surface area contributed by atoms with Crippen LogP contribution in [0, 0.1) is 0 Å². The van der Waals surface area contributed by atoms with Gasteiger partial charge in [-0.05, 0) is 43.5 Å². The van der Waals surface area contributed by atoms with Crippen molar-refractivity contribution in [3.05, 3.63) is 81.5 Å². The third-order valence-corrected chi connectivity index (χ3v) is 5.76. The summed E-state index contributed by atoms with van der Waals surface area (Å²) in [6.07, 6.45) is 8.87. The van der Waals surface area contributed by atoms with Gasteiger partial charge in [0.2, 0.25) is 11.8 Å². The number of aromatic hydroxyl groups is 1. The average Bonchev–Trinajstić information content (AvgIpc) is 3.20. The van der Waals surface area contributed by atoms with Gasteiger partial charge in [0.1, 0.15) is 5.69 Å². The maximum absolute atomic E-state index is 11.5. The fourth-order valence-corrected chi connectivity index (χ4v) is 3.89. The van der Waals surface area contributed by atoms with Crippen molar-refractivity contribution in [2.24, 2.45) is 4.99 Å². The number of aromatic amines is 2. The van der Waals surface area contributed by atoms with E-state index in [1.807, 2.05) is 48.1 Å². The SMILES string of the molecule is CC(Nc1nc(=NC2CC2)n2nc/c(=C/c3[nH]c(=O)[nH]c3O)c2n1)c1ccccc1-n1cccn1. The number of rotatable bonds is 6. The van der Waals surface area contributed by atoms with Crippen LogP contribution in [0.5, 0.6) is 5.88 Å². The van der Waals surface area contributed by atoms with Crippen LogP contribution in [0.3, 0.4) is 0 Å². The molecule has 1 aromatic carbocycles. The Morgan fingerprint density at radius 2 is 2.06 bits per heavy atom. The van der Waals surface area contributed by atoms with Crippen LogP contribution in [0.4, 0.5) is 5.95 Å². The van der Waals surface area contributed by atoms with Gasteiger partial charge < -0.3 is 15.4 Å². The van der Waals surface area contributed by atoms with Crippen LogP contribution < -0.4 is 21.8 Å². The number of imidazole rings is 1. The molecule has 0 amide bonds. The third kappa shape index (κ3) is 4.05. The van der Waals surface area contributed by atoms with Crippen LogP contribution in [0.1, 0.15) is 37.1 Å². The maximum atomic E-state index is 11.5. The van der Waals surface area contributed by atoms with E-state index in [1.165, 1.54) is 0 Å². The van der Waals surface area contributed by atoms with Gasteiger partial charge in [-0.2, -0.15) is 24.7 Å². The van der Waals surface area contributed by atoms with Crippen LogP contribution in [0.15, 0.2) is 58.7 Å². The molecule has 0 spiro atoms. The Labute approximate surface area is 197 Å². The van der Waals surface area contributed by atoms with Gasteiger partial charge in [-0.3, -0.25) is 4.98 Å². The number of nitrogens with zero attached hydrogens (tertiary/aromatic N) is 7. The summed E-state index contributed by atoms with van der Waals surface area (Å²) in [5, 5.41) is 22.7. The van der Waals surface area contributed by atoms with E-state index >= 15 is 0 Å². The first kappa shape index (κ1) is 20.8. The standard InChI is InChI=1S/C23H22N10O2/c1-13(16-5-2-3-6-18(16)32-10-4-9-24-32)26-21-29-19-14(11-17-20(34)30-23(35)28-17)12-25-33(19)22(31-21)27-15-7-8-15/h2-6,9-13,15,34H,7-8H2,1H3,(H,26,27,31)(H2,28,30,35)/b14-11-. The number of hydrogen-bond donors (Lipinski definition) is 4. The molecule has 12 nitrogen and oxygen atoms in total. The van der Waals surface area contributed by atoms with Gasteiger partial charge in [-0.25, -0.2) is 14.5 Å². The van der Waals surface area contributed by atoms with Gasteiger partial charge in [-0.1, -0.05) is 18.2 Å². The normalized spacial score (nSPS) is 15.7. The van der Waals surface area contributed by atoms with Gasteiger partial charge in [0.25, 0.3) is 5.62 Å². The summed E-state index contributed by atoms with van der Waals surface area (Å²) in [7, 11) is 0. The number of aromatic nitrogens is 8. The van der Waals surface area contributed by atoms with E-state index in [-0.39, 0.29) is 23.7 Å². The number of nitrogens with one attached hydrogen (secondary N) is 3. The Kier molecular flexibility index (Phi) is 4.90. The Morgan fingerprint density at radius 1 is 1.20 bits per heavy atom. The van der Waals surface area contributed by atoms with E-state index in [9.17, 15) is 9.90 Å². The Balaban J connectivity index is 1.44. The first-order valence-electron chi connectivity index (χ1n) is 11.2. The van der Waals surface area contributed by atoms with Gasteiger partial charge in [0.15, 0.2) is 5.65 Å². The first-order valence-corrected chi connectivity index (χ1v) is 11.2.